The highest BCUT2D eigenvalue weighted by Crippen LogP contribution is 2.21. The second-order valence-electron chi connectivity index (χ2n) is 4.23. The molecule has 0 atom stereocenters. The molecule has 0 bridgehead atoms. The summed E-state index contributed by atoms with van der Waals surface area (Å²) in [5, 5.41) is 12.4. The number of carbonyl (C=O) groups is 2. The Bertz CT molecular complexity index is 856. The van der Waals surface area contributed by atoms with Crippen LogP contribution in [0.2, 0.25) is 0 Å². The van der Waals surface area contributed by atoms with E-state index in [2.05, 4.69) is 20.3 Å². The molecule has 10 nitrogen and oxygen atoms in total. The zero-order valence-corrected chi connectivity index (χ0v) is 13.5. The number of rotatable bonds is 4. The monoisotopic (exact) mass is 357 g/mol. The average molecular weight is 357 g/mol. The third-order valence-corrected chi connectivity index (χ3v) is 4.83. The van der Waals surface area contributed by atoms with E-state index in [0.29, 0.717) is 11.6 Å². The van der Waals surface area contributed by atoms with E-state index < -0.39 is 31.8 Å². The molecule has 0 aliphatic rings. The van der Waals surface area contributed by atoms with Crippen molar-refractivity contribution < 1.29 is 23.1 Å². The minimum Gasteiger partial charge on any atom is -0.477 e. The molecular weight excluding hydrogens is 346 g/mol. The molecule has 3 N–H and O–H groups in total. The zero-order valence-electron chi connectivity index (χ0n) is 11.9. The van der Waals surface area contributed by atoms with E-state index in [-0.39, 0.29) is 5.95 Å². The number of aryl methyl sites for hydroxylation is 2. The van der Waals surface area contributed by atoms with Crippen molar-refractivity contribution in [2.75, 3.05) is 5.32 Å². The van der Waals surface area contributed by atoms with Gasteiger partial charge in [0.1, 0.15) is 21.4 Å². The quantitative estimate of drug-likeness (QED) is 0.725. The van der Waals surface area contributed by atoms with E-state index >= 15 is 0 Å². The molecule has 23 heavy (non-hydrogen) atoms. The van der Waals surface area contributed by atoms with Gasteiger partial charge in [-0.3, -0.25) is 5.32 Å². The molecule has 0 saturated carbocycles. The van der Waals surface area contributed by atoms with Crippen LogP contribution in [0, 0.1) is 13.8 Å². The third-order valence-electron chi connectivity index (χ3n) is 2.42. The fourth-order valence-electron chi connectivity index (χ4n) is 1.64. The summed E-state index contributed by atoms with van der Waals surface area (Å²) in [7, 11) is -4.34. The molecule has 2 rings (SSSR count). The van der Waals surface area contributed by atoms with Gasteiger partial charge in [-0.25, -0.2) is 27.7 Å². The number of carboxylic acid groups (broad SMARTS) is 1. The van der Waals surface area contributed by atoms with Gasteiger partial charge in [-0.1, -0.05) is 0 Å². The first kappa shape index (κ1) is 16.8. The van der Waals surface area contributed by atoms with Gasteiger partial charge in [0.05, 0.1) is 0 Å². The number of aromatic carboxylic acids is 1. The zero-order chi connectivity index (χ0) is 17.2. The molecule has 2 amide bonds. The predicted molar refractivity (Wildman–Crippen MR) is 79.9 cm³/mol. The summed E-state index contributed by atoms with van der Waals surface area (Å²) in [4.78, 5) is 33.4. The van der Waals surface area contributed by atoms with Gasteiger partial charge in [-0.15, -0.1) is 11.3 Å². The molecule has 122 valence electrons. The third kappa shape index (κ3) is 3.98. The number of thiophene rings is 1. The standard InChI is InChI=1S/C11H11N5O5S2/c1-5-12-6(2)14-10(13-5)15-11(19)16-23(20,21)7-3-4-22-8(7)9(17)18/h3-4H,1-2H3,(H,17,18)(H2,12,13,14,15,16,19). The van der Waals surface area contributed by atoms with Crippen molar-refractivity contribution in [3.05, 3.63) is 28.0 Å². The van der Waals surface area contributed by atoms with Crippen molar-refractivity contribution in [2.45, 2.75) is 18.7 Å². The summed E-state index contributed by atoms with van der Waals surface area (Å²) in [6, 6.07) is -0.0152. The summed E-state index contributed by atoms with van der Waals surface area (Å²) in [5.74, 6) is -0.820. The Morgan fingerprint density at radius 3 is 2.35 bits per heavy atom. The Morgan fingerprint density at radius 2 is 1.78 bits per heavy atom. The largest absolute Gasteiger partial charge is 0.477 e. The van der Waals surface area contributed by atoms with Gasteiger partial charge in [0.25, 0.3) is 10.0 Å². The number of sulfonamides is 1. The molecule has 12 heteroatoms. The van der Waals surface area contributed by atoms with E-state index in [9.17, 15) is 18.0 Å². The van der Waals surface area contributed by atoms with Crippen molar-refractivity contribution in [3.8, 4) is 0 Å². The number of aromatic nitrogens is 3. The van der Waals surface area contributed by atoms with E-state index in [1.807, 2.05) is 0 Å². The van der Waals surface area contributed by atoms with Gasteiger partial charge in [0.15, 0.2) is 0 Å². The summed E-state index contributed by atoms with van der Waals surface area (Å²) in [6.45, 7) is 3.16. The van der Waals surface area contributed by atoms with Gasteiger partial charge in [0.2, 0.25) is 5.95 Å². The normalized spacial score (nSPS) is 11.0. The molecule has 0 aliphatic heterocycles. The van der Waals surface area contributed by atoms with E-state index in [1.54, 1.807) is 18.6 Å². The maximum atomic E-state index is 12.1. The van der Waals surface area contributed by atoms with Crippen molar-refractivity contribution in [3.63, 3.8) is 0 Å². The van der Waals surface area contributed by atoms with Crippen LogP contribution in [0.1, 0.15) is 21.3 Å². The first-order chi connectivity index (χ1) is 10.7. The Morgan fingerprint density at radius 1 is 1.17 bits per heavy atom. The molecule has 0 fully saturated rings. The molecule has 0 saturated heterocycles. The van der Waals surface area contributed by atoms with Crippen LogP contribution < -0.4 is 10.0 Å². The lowest BCUT2D eigenvalue weighted by Gasteiger charge is -2.08. The second kappa shape index (κ2) is 6.26. The van der Waals surface area contributed by atoms with Gasteiger partial charge >= 0.3 is 12.0 Å². The van der Waals surface area contributed by atoms with Gasteiger partial charge in [0, 0.05) is 0 Å². The van der Waals surface area contributed by atoms with Crippen molar-refractivity contribution in [2.24, 2.45) is 0 Å². The first-order valence-electron chi connectivity index (χ1n) is 6.03. The van der Waals surface area contributed by atoms with Crippen LogP contribution in [-0.2, 0) is 10.0 Å². The van der Waals surface area contributed by atoms with Crippen LogP contribution in [0.25, 0.3) is 0 Å². The maximum absolute atomic E-state index is 12.1. The van der Waals surface area contributed by atoms with Gasteiger partial charge in [-0.2, -0.15) is 9.97 Å². The SMILES string of the molecule is Cc1nc(C)nc(NC(=O)NS(=O)(=O)c2ccsc2C(=O)O)n1. The van der Waals surface area contributed by atoms with E-state index in [0.717, 1.165) is 17.4 Å². The Hall–Kier alpha value is -2.60. The number of hydrogen-bond donors (Lipinski definition) is 3. The minimum atomic E-state index is -4.34. The molecular formula is C11H11N5O5S2. The second-order valence-corrected chi connectivity index (χ2v) is 6.80. The Kier molecular flexibility index (Phi) is 4.56. The number of urea groups is 1. The molecule has 0 aromatic carbocycles. The predicted octanol–water partition coefficient (Wildman–Crippen LogP) is 0.759. The number of nitrogens with one attached hydrogen (secondary N) is 2. The number of anilines is 1. The molecule has 0 unspecified atom stereocenters. The summed E-state index contributed by atoms with van der Waals surface area (Å²) >= 11 is 0.736. The highest BCUT2D eigenvalue weighted by atomic mass is 32.2. The molecule has 0 spiro atoms. The average Bonchev–Trinajstić information content (AvgIpc) is 2.86. The van der Waals surface area contributed by atoms with Crippen LogP contribution in [0.4, 0.5) is 10.7 Å². The van der Waals surface area contributed by atoms with Crippen LogP contribution in [-0.4, -0.2) is 40.5 Å². The van der Waals surface area contributed by atoms with Crippen molar-refractivity contribution >= 4 is 39.3 Å². The van der Waals surface area contributed by atoms with E-state index in [1.165, 1.54) is 5.38 Å². The fraction of sp³-hybridized carbons (Fsp3) is 0.182. The number of hydrogen-bond acceptors (Lipinski definition) is 8. The van der Waals surface area contributed by atoms with Crippen LogP contribution in [0.15, 0.2) is 16.3 Å². The minimum absolute atomic E-state index is 0.119. The highest BCUT2D eigenvalue weighted by Gasteiger charge is 2.25. The first-order valence-corrected chi connectivity index (χ1v) is 8.39. The molecule has 2 aromatic heterocycles. The Balaban J connectivity index is 2.18. The lowest BCUT2D eigenvalue weighted by Crippen LogP contribution is -2.35. The summed E-state index contributed by atoms with van der Waals surface area (Å²) in [6.07, 6.45) is 0. The van der Waals surface area contributed by atoms with Gasteiger partial charge < -0.3 is 5.11 Å². The number of amides is 2. The lowest BCUT2D eigenvalue weighted by molar-refractivity contribution is 0.0698. The van der Waals surface area contributed by atoms with Gasteiger partial charge in [-0.05, 0) is 25.3 Å². The number of carbonyl (C=O) groups excluding carboxylic acids is 1. The highest BCUT2D eigenvalue weighted by molar-refractivity contribution is 7.90. The van der Waals surface area contributed by atoms with Crippen LogP contribution in [0.5, 0.6) is 0 Å². The van der Waals surface area contributed by atoms with Crippen molar-refractivity contribution in [1.82, 2.24) is 19.7 Å². The smallest absolute Gasteiger partial charge is 0.347 e. The maximum Gasteiger partial charge on any atom is 0.347 e. The van der Waals surface area contributed by atoms with Crippen LogP contribution in [0.3, 0.4) is 0 Å². The molecule has 0 aliphatic carbocycles. The topological polar surface area (TPSA) is 151 Å². The molecule has 2 heterocycles. The number of carboxylic acids is 1. The fourth-order valence-corrected chi connectivity index (χ4v) is 3.81. The van der Waals surface area contributed by atoms with Crippen molar-refractivity contribution in [1.29, 1.82) is 0 Å². The number of nitrogens with zero attached hydrogens (tertiary/aromatic N) is 3. The Labute approximate surface area is 134 Å². The lowest BCUT2D eigenvalue weighted by atomic mass is 10.5. The van der Waals surface area contributed by atoms with Crippen LogP contribution >= 0.6 is 11.3 Å². The summed E-state index contributed by atoms with van der Waals surface area (Å²) in [5.41, 5.74) is 0. The molecule has 2 aromatic rings. The summed E-state index contributed by atoms with van der Waals surface area (Å²) < 4.78 is 25.8. The molecule has 0 radical (unpaired) electrons. The van der Waals surface area contributed by atoms with E-state index in [4.69, 9.17) is 5.11 Å².